The van der Waals surface area contributed by atoms with Crippen molar-refractivity contribution in [1.29, 1.82) is 0 Å². The molecule has 2 rings (SSSR count). The maximum absolute atomic E-state index is 11.5. The van der Waals surface area contributed by atoms with E-state index in [1.165, 1.54) is 11.8 Å². The topological polar surface area (TPSA) is 52.6 Å². The molecule has 0 aliphatic carbocycles. The van der Waals surface area contributed by atoms with Crippen molar-refractivity contribution in [2.24, 2.45) is 0 Å². The molecular formula is C18H18O4S. The number of hydrogen-bond acceptors (Lipinski definition) is 5. The van der Waals surface area contributed by atoms with Crippen molar-refractivity contribution >= 4 is 24.0 Å². The third-order valence-electron chi connectivity index (χ3n) is 3.03. The number of esters is 1. The van der Waals surface area contributed by atoms with E-state index in [0.717, 1.165) is 16.1 Å². The van der Waals surface area contributed by atoms with Gasteiger partial charge in [-0.05, 0) is 44.2 Å². The van der Waals surface area contributed by atoms with E-state index in [-0.39, 0.29) is 5.97 Å². The van der Waals surface area contributed by atoms with Gasteiger partial charge in [0.2, 0.25) is 0 Å². The molecule has 1 unspecified atom stereocenters. The summed E-state index contributed by atoms with van der Waals surface area (Å²) in [5, 5.41) is 0. The van der Waals surface area contributed by atoms with Gasteiger partial charge in [0.05, 0.1) is 6.61 Å². The highest BCUT2D eigenvalue weighted by Gasteiger charge is 2.15. The van der Waals surface area contributed by atoms with Crippen molar-refractivity contribution in [2.75, 3.05) is 6.61 Å². The molecule has 4 nitrogen and oxygen atoms in total. The zero-order valence-corrected chi connectivity index (χ0v) is 13.8. The van der Waals surface area contributed by atoms with Crippen molar-refractivity contribution in [3.8, 4) is 5.75 Å². The number of hydrogen-bond donors (Lipinski definition) is 0. The van der Waals surface area contributed by atoms with Crippen LogP contribution < -0.4 is 4.74 Å². The van der Waals surface area contributed by atoms with Crippen LogP contribution in [0.2, 0.25) is 0 Å². The van der Waals surface area contributed by atoms with Gasteiger partial charge in [0.1, 0.15) is 5.75 Å². The van der Waals surface area contributed by atoms with E-state index < -0.39 is 6.10 Å². The monoisotopic (exact) mass is 330 g/mol. The van der Waals surface area contributed by atoms with Crippen molar-refractivity contribution in [3.05, 3.63) is 54.1 Å². The SMILES string of the molecule is CCOC(=O)C(C)Oc1ccc(Sc2ccccc2C=O)cc1. The molecule has 2 aromatic carbocycles. The van der Waals surface area contributed by atoms with E-state index in [1.807, 2.05) is 30.3 Å². The van der Waals surface area contributed by atoms with Gasteiger partial charge in [-0.2, -0.15) is 0 Å². The Morgan fingerprint density at radius 2 is 1.87 bits per heavy atom. The summed E-state index contributed by atoms with van der Waals surface area (Å²) in [5.74, 6) is 0.212. The van der Waals surface area contributed by atoms with Crippen molar-refractivity contribution in [2.45, 2.75) is 29.7 Å². The molecule has 0 fully saturated rings. The van der Waals surface area contributed by atoms with Crippen LogP contribution in [0.5, 0.6) is 5.75 Å². The summed E-state index contributed by atoms with van der Waals surface area (Å²) in [6, 6.07) is 14.8. The zero-order chi connectivity index (χ0) is 16.7. The third-order valence-corrected chi connectivity index (χ3v) is 4.13. The van der Waals surface area contributed by atoms with E-state index in [2.05, 4.69) is 0 Å². The molecule has 0 heterocycles. The van der Waals surface area contributed by atoms with Crippen LogP contribution in [0.3, 0.4) is 0 Å². The fraction of sp³-hybridized carbons (Fsp3) is 0.222. The van der Waals surface area contributed by atoms with Crippen LogP contribution in [-0.4, -0.2) is 25.0 Å². The molecule has 0 aromatic heterocycles. The number of carbonyl (C=O) groups excluding carboxylic acids is 2. The van der Waals surface area contributed by atoms with Crippen LogP contribution in [0.25, 0.3) is 0 Å². The number of rotatable bonds is 7. The lowest BCUT2D eigenvalue weighted by atomic mass is 10.2. The van der Waals surface area contributed by atoms with Gasteiger partial charge >= 0.3 is 5.97 Å². The first-order chi connectivity index (χ1) is 11.1. The molecule has 120 valence electrons. The van der Waals surface area contributed by atoms with Crippen LogP contribution in [0.15, 0.2) is 58.3 Å². The summed E-state index contributed by atoms with van der Waals surface area (Å²) in [7, 11) is 0. The molecule has 23 heavy (non-hydrogen) atoms. The summed E-state index contributed by atoms with van der Waals surface area (Å²) >= 11 is 1.50. The summed E-state index contributed by atoms with van der Waals surface area (Å²) in [6.45, 7) is 3.74. The van der Waals surface area contributed by atoms with E-state index in [0.29, 0.717) is 17.9 Å². The second-order valence-electron chi connectivity index (χ2n) is 4.74. The zero-order valence-electron chi connectivity index (χ0n) is 13.0. The van der Waals surface area contributed by atoms with Gasteiger partial charge in [0, 0.05) is 15.4 Å². The molecule has 0 saturated carbocycles. The van der Waals surface area contributed by atoms with E-state index in [1.54, 1.807) is 32.0 Å². The lowest BCUT2D eigenvalue weighted by molar-refractivity contribution is -0.150. The maximum atomic E-state index is 11.5. The first-order valence-electron chi connectivity index (χ1n) is 7.29. The van der Waals surface area contributed by atoms with Gasteiger partial charge in [-0.15, -0.1) is 0 Å². The van der Waals surface area contributed by atoms with Gasteiger partial charge in [-0.25, -0.2) is 4.79 Å². The lowest BCUT2D eigenvalue weighted by Crippen LogP contribution is -2.25. The Hall–Kier alpha value is -2.27. The van der Waals surface area contributed by atoms with Gasteiger partial charge in [0.15, 0.2) is 12.4 Å². The first-order valence-corrected chi connectivity index (χ1v) is 8.11. The van der Waals surface area contributed by atoms with Crippen LogP contribution in [0.4, 0.5) is 0 Å². The number of aldehydes is 1. The largest absolute Gasteiger partial charge is 0.479 e. The van der Waals surface area contributed by atoms with Crippen molar-refractivity contribution < 1.29 is 19.1 Å². The van der Waals surface area contributed by atoms with Gasteiger partial charge in [-0.1, -0.05) is 30.0 Å². The molecule has 0 N–H and O–H groups in total. The average molecular weight is 330 g/mol. The Bertz CT molecular complexity index is 667. The molecule has 0 saturated heterocycles. The Morgan fingerprint density at radius 3 is 2.52 bits per heavy atom. The Kier molecular flexibility index (Phi) is 6.23. The third kappa shape index (κ3) is 4.86. The van der Waals surface area contributed by atoms with Gasteiger partial charge < -0.3 is 9.47 Å². The predicted octanol–water partition coefficient (Wildman–Crippen LogP) is 3.98. The summed E-state index contributed by atoms with van der Waals surface area (Å²) < 4.78 is 10.4. The average Bonchev–Trinajstić information content (AvgIpc) is 2.57. The molecular weight excluding hydrogens is 312 g/mol. The highest BCUT2D eigenvalue weighted by atomic mass is 32.2. The van der Waals surface area contributed by atoms with Crippen molar-refractivity contribution in [3.63, 3.8) is 0 Å². The first kappa shape index (κ1) is 17.1. The molecule has 0 radical (unpaired) electrons. The quantitative estimate of drug-likeness (QED) is 0.568. The molecule has 0 spiro atoms. The standard InChI is InChI=1S/C18H18O4S/c1-3-21-18(20)13(2)22-15-8-10-16(11-9-15)23-17-7-5-4-6-14(17)12-19/h4-13H,3H2,1-2H3. The minimum absolute atomic E-state index is 0.332. The summed E-state index contributed by atoms with van der Waals surface area (Å²) in [6.07, 6.45) is 0.199. The predicted molar refractivity (Wildman–Crippen MR) is 89.1 cm³/mol. The highest BCUT2D eigenvalue weighted by molar-refractivity contribution is 7.99. The summed E-state index contributed by atoms with van der Waals surface area (Å²) in [4.78, 5) is 24.5. The van der Waals surface area contributed by atoms with Crippen LogP contribution in [0, 0.1) is 0 Å². The molecule has 2 aromatic rings. The van der Waals surface area contributed by atoms with Crippen LogP contribution in [0.1, 0.15) is 24.2 Å². The molecule has 5 heteroatoms. The Balaban J connectivity index is 2.02. The smallest absolute Gasteiger partial charge is 0.347 e. The molecule has 0 aliphatic rings. The second kappa shape index (κ2) is 8.39. The molecule has 1 atom stereocenters. The number of ether oxygens (including phenoxy) is 2. The normalized spacial score (nSPS) is 11.6. The minimum atomic E-state index is -0.649. The van der Waals surface area contributed by atoms with Gasteiger partial charge in [-0.3, -0.25) is 4.79 Å². The number of carbonyl (C=O) groups is 2. The summed E-state index contributed by atoms with van der Waals surface area (Å²) in [5.41, 5.74) is 0.661. The van der Waals surface area contributed by atoms with E-state index in [9.17, 15) is 9.59 Å². The Labute approximate surface area is 139 Å². The fourth-order valence-electron chi connectivity index (χ4n) is 1.90. The maximum Gasteiger partial charge on any atom is 0.347 e. The molecule has 0 amide bonds. The minimum Gasteiger partial charge on any atom is -0.479 e. The molecule has 0 bridgehead atoms. The van der Waals surface area contributed by atoms with Gasteiger partial charge in [0.25, 0.3) is 0 Å². The van der Waals surface area contributed by atoms with E-state index in [4.69, 9.17) is 9.47 Å². The fourth-order valence-corrected chi connectivity index (χ4v) is 2.80. The highest BCUT2D eigenvalue weighted by Crippen LogP contribution is 2.31. The lowest BCUT2D eigenvalue weighted by Gasteiger charge is -2.13. The van der Waals surface area contributed by atoms with Crippen molar-refractivity contribution in [1.82, 2.24) is 0 Å². The second-order valence-corrected chi connectivity index (χ2v) is 5.86. The number of benzene rings is 2. The van der Waals surface area contributed by atoms with Crippen LogP contribution in [-0.2, 0) is 9.53 Å². The van der Waals surface area contributed by atoms with Crippen LogP contribution >= 0.6 is 11.8 Å². The molecule has 0 aliphatic heterocycles. The Morgan fingerprint density at radius 1 is 1.17 bits per heavy atom. The van der Waals surface area contributed by atoms with E-state index >= 15 is 0 Å².